The van der Waals surface area contributed by atoms with Crippen molar-refractivity contribution in [3.8, 4) is 0 Å². The molecule has 3 heteroatoms. The van der Waals surface area contributed by atoms with E-state index in [1.807, 2.05) is 0 Å². The van der Waals surface area contributed by atoms with Gasteiger partial charge in [0, 0.05) is 18.8 Å². The molecule has 0 fully saturated rings. The molecular weight excluding hydrogens is 212 g/mol. The Balaban J connectivity index is 2.05. The second kappa shape index (κ2) is 8.85. The van der Waals surface area contributed by atoms with Crippen molar-refractivity contribution in [3.63, 3.8) is 0 Å². The lowest BCUT2D eigenvalue weighted by atomic mass is 10.1. The number of aromatic nitrogens is 2. The fourth-order valence-electron chi connectivity index (χ4n) is 1.80. The molecule has 0 aromatic carbocycles. The standard InChI is InChI=1S/C14H22N2O/c1-2-3-4-5-6-7-8-10-13(17)14-15-11-9-12-16-14/h9,11-12H,2-8,10H2,1H3. The first-order valence-corrected chi connectivity index (χ1v) is 6.65. The van der Waals surface area contributed by atoms with E-state index in [1.54, 1.807) is 18.5 Å². The van der Waals surface area contributed by atoms with Crippen molar-refractivity contribution >= 4 is 5.78 Å². The summed E-state index contributed by atoms with van der Waals surface area (Å²) in [6, 6.07) is 1.73. The Morgan fingerprint density at radius 3 is 2.24 bits per heavy atom. The van der Waals surface area contributed by atoms with Crippen LogP contribution in [0.5, 0.6) is 0 Å². The maximum Gasteiger partial charge on any atom is 0.200 e. The van der Waals surface area contributed by atoms with E-state index < -0.39 is 0 Å². The quantitative estimate of drug-likeness (QED) is 0.482. The second-order valence-electron chi connectivity index (χ2n) is 4.37. The fraction of sp³-hybridized carbons (Fsp3) is 0.643. The highest BCUT2D eigenvalue weighted by atomic mass is 16.1. The molecule has 1 rings (SSSR count). The second-order valence-corrected chi connectivity index (χ2v) is 4.37. The van der Waals surface area contributed by atoms with E-state index in [0.29, 0.717) is 12.2 Å². The van der Waals surface area contributed by atoms with Crippen LogP contribution in [-0.2, 0) is 0 Å². The van der Waals surface area contributed by atoms with Gasteiger partial charge in [0.2, 0.25) is 0 Å². The Labute approximate surface area is 104 Å². The normalized spacial score (nSPS) is 10.4. The van der Waals surface area contributed by atoms with E-state index in [-0.39, 0.29) is 5.78 Å². The lowest BCUT2D eigenvalue weighted by Crippen LogP contribution is -2.04. The van der Waals surface area contributed by atoms with Gasteiger partial charge in [0.05, 0.1) is 0 Å². The third kappa shape index (κ3) is 6.15. The first kappa shape index (κ1) is 13.8. The molecule has 0 radical (unpaired) electrons. The monoisotopic (exact) mass is 234 g/mol. The van der Waals surface area contributed by atoms with Gasteiger partial charge in [-0.2, -0.15) is 0 Å². The zero-order valence-corrected chi connectivity index (χ0v) is 10.7. The topological polar surface area (TPSA) is 42.9 Å². The summed E-state index contributed by atoms with van der Waals surface area (Å²) in [6.07, 6.45) is 12.4. The summed E-state index contributed by atoms with van der Waals surface area (Å²) in [5.74, 6) is 0.428. The molecule has 0 amide bonds. The van der Waals surface area contributed by atoms with Crippen LogP contribution in [0.1, 0.15) is 68.9 Å². The number of rotatable bonds is 9. The Morgan fingerprint density at radius 2 is 1.59 bits per heavy atom. The molecule has 0 bridgehead atoms. The summed E-state index contributed by atoms with van der Waals surface area (Å²) in [5.41, 5.74) is 0. The fourth-order valence-corrected chi connectivity index (χ4v) is 1.80. The summed E-state index contributed by atoms with van der Waals surface area (Å²) in [4.78, 5) is 19.6. The van der Waals surface area contributed by atoms with Gasteiger partial charge in [0.1, 0.15) is 0 Å². The molecule has 0 N–H and O–H groups in total. The molecule has 0 unspecified atom stereocenters. The van der Waals surface area contributed by atoms with Gasteiger partial charge in [0.25, 0.3) is 0 Å². The minimum absolute atomic E-state index is 0.0687. The van der Waals surface area contributed by atoms with Crippen molar-refractivity contribution in [1.82, 2.24) is 9.97 Å². The lowest BCUT2D eigenvalue weighted by molar-refractivity contribution is 0.0969. The third-order valence-electron chi connectivity index (χ3n) is 2.82. The van der Waals surface area contributed by atoms with Gasteiger partial charge in [-0.15, -0.1) is 0 Å². The molecule has 0 atom stereocenters. The van der Waals surface area contributed by atoms with Crippen LogP contribution < -0.4 is 0 Å². The smallest absolute Gasteiger partial charge is 0.200 e. The number of nitrogens with zero attached hydrogens (tertiary/aromatic N) is 2. The summed E-state index contributed by atoms with van der Waals surface area (Å²) >= 11 is 0. The summed E-state index contributed by atoms with van der Waals surface area (Å²) in [7, 11) is 0. The number of carbonyl (C=O) groups excluding carboxylic acids is 1. The molecule has 0 saturated carbocycles. The van der Waals surface area contributed by atoms with Crippen molar-refractivity contribution in [2.75, 3.05) is 0 Å². The predicted molar refractivity (Wildman–Crippen MR) is 69.0 cm³/mol. The maximum atomic E-state index is 11.7. The van der Waals surface area contributed by atoms with Gasteiger partial charge < -0.3 is 0 Å². The van der Waals surface area contributed by atoms with Gasteiger partial charge in [-0.3, -0.25) is 4.79 Å². The number of ketones is 1. The van der Waals surface area contributed by atoms with E-state index in [4.69, 9.17) is 0 Å². The largest absolute Gasteiger partial charge is 0.291 e. The molecular formula is C14H22N2O. The van der Waals surface area contributed by atoms with Crippen LogP contribution >= 0.6 is 0 Å². The van der Waals surface area contributed by atoms with Crippen molar-refractivity contribution in [2.45, 2.75) is 58.3 Å². The predicted octanol–water partition coefficient (Wildman–Crippen LogP) is 3.80. The van der Waals surface area contributed by atoms with Gasteiger partial charge in [-0.25, -0.2) is 9.97 Å². The first-order chi connectivity index (χ1) is 8.34. The van der Waals surface area contributed by atoms with Gasteiger partial charge in [-0.1, -0.05) is 45.4 Å². The van der Waals surface area contributed by atoms with Crippen LogP contribution in [0, 0.1) is 0 Å². The van der Waals surface area contributed by atoms with Crippen molar-refractivity contribution in [3.05, 3.63) is 24.3 Å². The zero-order chi connectivity index (χ0) is 12.3. The van der Waals surface area contributed by atoms with E-state index in [0.717, 1.165) is 12.8 Å². The molecule has 0 aliphatic heterocycles. The highest BCUT2D eigenvalue weighted by Gasteiger charge is 2.06. The number of unbranched alkanes of at least 4 members (excludes halogenated alkanes) is 6. The zero-order valence-electron chi connectivity index (χ0n) is 10.7. The highest BCUT2D eigenvalue weighted by Crippen LogP contribution is 2.09. The molecule has 3 nitrogen and oxygen atoms in total. The average Bonchev–Trinajstić information content (AvgIpc) is 2.38. The van der Waals surface area contributed by atoms with E-state index in [2.05, 4.69) is 16.9 Å². The molecule has 17 heavy (non-hydrogen) atoms. The summed E-state index contributed by atoms with van der Waals surface area (Å²) in [6.45, 7) is 2.22. The Hall–Kier alpha value is -1.25. The first-order valence-electron chi connectivity index (χ1n) is 6.65. The summed E-state index contributed by atoms with van der Waals surface area (Å²) in [5, 5.41) is 0. The number of hydrogen-bond donors (Lipinski definition) is 0. The SMILES string of the molecule is CCCCCCCCCC(=O)c1ncccn1. The minimum atomic E-state index is 0.0687. The molecule has 94 valence electrons. The molecule has 1 aromatic rings. The maximum absolute atomic E-state index is 11.7. The van der Waals surface area contributed by atoms with E-state index in [1.165, 1.54) is 32.1 Å². The molecule has 0 spiro atoms. The van der Waals surface area contributed by atoms with Gasteiger partial charge in [-0.05, 0) is 12.5 Å². The lowest BCUT2D eigenvalue weighted by Gasteiger charge is -2.00. The number of Topliss-reactive ketones (excluding diaryl/α,β-unsaturated/α-hetero) is 1. The van der Waals surface area contributed by atoms with Crippen LogP contribution in [0.4, 0.5) is 0 Å². The molecule has 0 aliphatic carbocycles. The van der Waals surface area contributed by atoms with Crippen molar-refractivity contribution in [2.24, 2.45) is 0 Å². The van der Waals surface area contributed by atoms with Crippen LogP contribution in [0.2, 0.25) is 0 Å². The molecule has 0 saturated heterocycles. The van der Waals surface area contributed by atoms with Gasteiger partial charge >= 0.3 is 0 Å². The van der Waals surface area contributed by atoms with Crippen LogP contribution in [0.25, 0.3) is 0 Å². The van der Waals surface area contributed by atoms with Gasteiger partial charge in [0.15, 0.2) is 11.6 Å². The molecule has 0 aliphatic rings. The van der Waals surface area contributed by atoms with Crippen molar-refractivity contribution in [1.29, 1.82) is 0 Å². The van der Waals surface area contributed by atoms with Crippen molar-refractivity contribution < 1.29 is 4.79 Å². The van der Waals surface area contributed by atoms with E-state index in [9.17, 15) is 4.79 Å². The summed E-state index contributed by atoms with van der Waals surface area (Å²) < 4.78 is 0. The number of hydrogen-bond acceptors (Lipinski definition) is 3. The Morgan fingerprint density at radius 1 is 1.00 bits per heavy atom. The highest BCUT2D eigenvalue weighted by molar-refractivity contribution is 5.92. The van der Waals surface area contributed by atoms with Crippen LogP contribution in [-0.4, -0.2) is 15.8 Å². The molecule has 1 aromatic heterocycles. The average molecular weight is 234 g/mol. The Bertz CT molecular complexity index is 311. The molecule has 1 heterocycles. The minimum Gasteiger partial charge on any atom is -0.291 e. The van der Waals surface area contributed by atoms with Crippen LogP contribution in [0.3, 0.4) is 0 Å². The third-order valence-corrected chi connectivity index (χ3v) is 2.82. The van der Waals surface area contributed by atoms with E-state index >= 15 is 0 Å². The Kier molecular flexibility index (Phi) is 7.19. The number of carbonyl (C=O) groups is 1. The van der Waals surface area contributed by atoms with Crippen LogP contribution in [0.15, 0.2) is 18.5 Å².